The first-order valence-corrected chi connectivity index (χ1v) is 13.7. The highest BCUT2D eigenvalue weighted by molar-refractivity contribution is 6.35. The van der Waals surface area contributed by atoms with Crippen LogP contribution in [0.2, 0.25) is 0 Å². The van der Waals surface area contributed by atoms with Crippen molar-refractivity contribution in [3.63, 3.8) is 0 Å². The van der Waals surface area contributed by atoms with Gasteiger partial charge in [0.2, 0.25) is 0 Å². The van der Waals surface area contributed by atoms with Gasteiger partial charge in [0.15, 0.2) is 0 Å². The average molecular weight is 515 g/mol. The van der Waals surface area contributed by atoms with Crippen LogP contribution in [0.15, 0.2) is 42.8 Å². The van der Waals surface area contributed by atoms with Crippen molar-refractivity contribution in [3.05, 3.63) is 53.9 Å². The Balaban J connectivity index is 3.33. The Morgan fingerprint density at radius 2 is 1.84 bits per heavy atom. The summed E-state index contributed by atoms with van der Waals surface area (Å²) in [5.74, 6) is -0.958. The van der Waals surface area contributed by atoms with Gasteiger partial charge >= 0.3 is 11.8 Å². The summed E-state index contributed by atoms with van der Waals surface area (Å²) < 4.78 is 1.94. The summed E-state index contributed by atoms with van der Waals surface area (Å²) in [5, 5.41) is 27.2. The number of nitrogens with one attached hydrogen (secondary N) is 2. The third kappa shape index (κ3) is 12.0. The van der Waals surface area contributed by atoms with Gasteiger partial charge in [0.1, 0.15) is 0 Å². The number of aliphatic hydroxyl groups excluding tert-OH is 1. The summed E-state index contributed by atoms with van der Waals surface area (Å²) in [6, 6.07) is 0. The summed E-state index contributed by atoms with van der Waals surface area (Å²) >= 11 is 0. The Bertz CT molecular complexity index is 912. The molecule has 0 radical (unpaired) electrons. The lowest BCUT2D eigenvalue weighted by atomic mass is 9.88. The zero-order chi connectivity index (χ0) is 27.8. The van der Waals surface area contributed by atoms with E-state index in [0.717, 1.165) is 24.8 Å². The van der Waals surface area contributed by atoms with Crippen molar-refractivity contribution in [2.24, 2.45) is 11.8 Å². The Labute approximate surface area is 223 Å². The molecule has 208 valence electrons. The van der Waals surface area contributed by atoms with Gasteiger partial charge in [-0.05, 0) is 67.6 Å². The Morgan fingerprint density at radius 3 is 2.43 bits per heavy atom. The molecule has 3 N–H and O–H groups in total. The number of carbonyl (C=O) groups excluding carboxylic acids is 2. The molecule has 1 rings (SSSR count). The van der Waals surface area contributed by atoms with E-state index in [-0.39, 0.29) is 12.5 Å². The third-order valence-corrected chi connectivity index (χ3v) is 6.53. The van der Waals surface area contributed by atoms with Crippen molar-refractivity contribution in [3.8, 4) is 0 Å². The van der Waals surface area contributed by atoms with Gasteiger partial charge in [0.05, 0.1) is 0 Å². The second-order valence-electron chi connectivity index (χ2n) is 10.1. The first-order chi connectivity index (χ1) is 17.6. The van der Waals surface area contributed by atoms with Gasteiger partial charge in [-0.15, -0.1) is 6.58 Å². The molecule has 7 nitrogen and oxygen atoms in total. The van der Waals surface area contributed by atoms with Crippen LogP contribution in [-0.2, 0) is 16.1 Å². The monoisotopic (exact) mass is 514 g/mol. The number of likely N-dealkylation sites (N-methyl/N-ethyl adjacent to an activating group) is 1. The fraction of sp³-hybridized carbons (Fsp3) is 0.600. The molecule has 37 heavy (non-hydrogen) atoms. The number of rotatable bonds is 17. The van der Waals surface area contributed by atoms with Crippen molar-refractivity contribution in [2.45, 2.75) is 91.9 Å². The van der Waals surface area contributed by atoms with Crippen molar-refractivity contribution in [1.29, 1.82) is 0 Å². The molecule has 2 unspecified atom stereocenters. The first-order valence-electron chi connectivity index (χ1n) is 13.7. The van der Waals surface area contributed by atoms with Crippen molar-refractivity contribution >= 4 is 17.4 Å². The fourth-order valence-corrected chi connectivity index (χ4v) is 4.26. The topological polar surface area (TPSA) is 106 Å². The van der Waals surface area contributed by atoms with Gasteiger partial charge in [-0.1, -0.05) is 63.8 Å². The zero-order valence-corrected chi connectivity index (χ0v) is 23.5. The van der Waals surface area contributed by atoms with Crippen LogP contribution in [0.25, 0.3) is 5.57 Å². The maximum atomic E-state index is 12.2. The summed E-state index contributed by atoms with van der Waals surface area (Å²) in [4.78, 5) is 23.6. The van der Waals surface area contributed by atoms with Crippen molar-refractivity contribution in [1.82, 2.24) is 15.2 Å². The first kappa shape index (κ1) is 32.4. The average Bonchev–Trinajstić information content (AvgIpc) is 3.29. The molecular formula is C30H48N3O4-. The number of allylic oxidation sites excluding steroid dienone is 4. The van der Waals surface area contributed by atoms with Gasteiger partial charge < -0.3 is 25.4 Å². The Hall–Kier alpha value is -2.64. The molecule has 0 aliphatic rings. The molecule has 0 fully saturated rings. The number of carbonyl (C=O) groups is 2. The predicted molar refractivity (Wildman–Crippen MR) is 149 cm³/mol. The summed E-state index contributed by atoms with van der Waals surface area (Å²) in [6.45, 7) is 13.4. The molecule has 1 aromatic rings. The smallest absolute Gasteiger partial charge is 0.309 e. The molecule has 0 saturated carbocycles. The predicted octanol–water partition coefficient (Wildman–Crippen LogP) is 4.63. The van der Waals surface area contributed by atoms with Gasteiger partial charge in [-0.3, -0.25) is 9.59 Å². The number of nitrogens with zero attached hydrogens (tertiary/aromatic N) is 1. The molecule has 1 aromatic heterocycles. The molecule has 0 spiro atoms. The Morgan fingerprint density at radius 1 is 1.11 bits per heavy atom. The number of aromatic nitrogens is 1. The molecule has 0 saturated heterocycles. The van der Waals surface area contributed by atoms with E-state index in [9.17, 15) is 19.8 Å². The minimum Gasteiger partial charge on any atom is -0.828 e. The van der Waals surface area contributed by atoms with Gasteiger partial charge in [-0.2, -0.15) is 0 Å². The van der Waals surface area contributed by atoms with Gasteiger partial charge in [-0.25, -0.2) is 0 Å². The highest BCUT2D eigenvalue weighted by Crippen LogP contribution is 2.30. The van der Waals surface area contributed by atoms with E-state index < -0.39 is 18.1 Å². The quantitative estimate of drug-likeness (QED) is 0.122. The van der Waals surface area contributed by atoms with Crippen LogP contribution in [-0.4, -0.2) is 35.1 Å². The maximum absolute atomic E-state index is 12.2. The van der Waals surface area contributed by atoms with Gasteiger partial charge in [0.25, 0.3) is 0 Å². The number of hydrogen-bond acceptors (Lipinski definition) is 4. The largest absolute Gasteiger partial charge is 0.828 e. The number of hydrogen-bond donors (Lipinski definition) is 3. The summed E-state index contributed by atoms with van der Waals surface area (Å²) in [5.41, 5.74) is 3.22. The van der Waals surface area contributed by atoms with E-state index in [4.69, 9.17) is 0 Å². The van der Waals surface area contributed by atoms with E-state index in [1.807, 2.05) is 16.8 Å². The lowest BCUT2D eigenvalue weighted by Gasteiger charge is -2.21. The van der Waals surface area contributed by atoms with Crippen LogP contribution in [0.4, 0.5) is 0 Å². The molecule has 0 aliphatic heterocycles. The lowest BCUT2D eigenvalue weighted by molar-refractivity contribution is -0.490. The Kier molecular flexibility index (Phi) is 15.5. The number of amides is 2. The summed E-state index contributed by atoms with van der Waals surface area (Å²) in [6.07, 6.45) is 16.1. The molecule has 1 heterocycles. The van der Waals surface area contributed by atoms with Crippen LogP contribution in [0, 0.1) is 11.8 Å². The van der Waals surface area contributed by atoms with E-state index >= 15 is 0 Å². The molecule has 2 amide bonds. The third-order valence-electron chi connectivity index (χ3n) is 6.53. The second kappa shape index (κ2) is 17.8. The van der Waals surface area contributed by atoms with Crippen LogP contribution in [0.1, 0.15) is 96.5 Å². The molecule has 2 atom stereocenters. The highest BCUT2D eigenvalue weighted by atomic mass is 16.5. The van der Waals surface area contributed by atoms with Crippen molar-refractivity contribution in [2.75, 3.05) is 13.6 Å². The number of unbranched alkanes of at least 4 members (excludes halogenated alkanes) is 4. The number of aliphatic hydroxyl groups is 1. The molecule has 7 heteroatoms. The van der Waals surface area contributed by atoms with E-state index in [2.05, 4.69) is 57.1 Å². The van der Waals surface area contributed by atoms with E-state index in [0.29, 0.717) is 30.0 Å². The normalized spacial score (nSPS) is 13.9. The van der Waals surface area contributed by atoms with E-state index in [1.165, 1.54) is 38.3 Å². The maximum Gasteiger partial charge on any atom is 0.309 e. The molecule has 0 bridgehead atoms. The lowest BCUT2D eigenvalue weighted by Crippen LogP contribution is -2.38. The van der Waals surface area contributed by atoms with Gasteiger partial charge in [0, 0.05) is 38.8 Å². The molecule has 0 aromatic carbocycles. The molecular weight excluding hydrogens is 466 g/mol. The number of aryl methyl sites for hydroxylation is 1. The van der Waals surface area contributed by atoms with Crippen molar-refractivity contribution < 1.29 is 19.8 Å². The SMILES string of the molecule is C=CCCCn1cc(/C(=C\C(/C=C(\C)CCCCCC)C(C)C)CCNC(=O)C(=O)NC)c(C([O-])O)c1. The van der Waals surface area contributed by atoms with Crippen LogP contribution >= 0.6 is 0 Å². The van der Waals surface area contributed by atoms with Crippen LogP contribution < -0.4 is 15.7 Å². The second-order valence-corrected chi connectivity index (χ2v) is 10.1. The minimum atomic E-state index is -1.87. The standard InChI is InChI=1S/C30H48N3O4/c1-7-9-11-12-14-23(5)18-25(22(3)4)19-24(15-16-32-29(35)28(34)31-6)26-20-33(17-13-10-8-2)21-27(26)30(36)37/h8,18-22,25,30,36H,2,7,9-17H2,1,3-6H3,(H,31,34)(H,32,35)/q-1/b23-18+,24-19-. The van der Waals surface area contributed by atoms with Crippen LogP contribution in [0.3, 0.4) is 0 Å². The zero-order valence-electron chi connectivity index (χ0n) is 23.5. The van der Waals surface area contributed by atoms with Crippen LogP contribution in [0.5, 0.6) is 0 Å². The minimum absolute atomic E-state index is 0.122. The fourth-order valence-electron chi connectivity index (χ4n) is 4.26. The van der Waals surface area contributed by atoms with E-state index in [1.54, 1.807) is 6.20 Å². The summed E-state index contributed by atoms with van der Waals surface area (Å²) in [7, 11) is 1.41. The molecule has 0 aliphatic carbocycles. The highest BCUT2D eigenvalue weighted by Gasteiger charge is 2.18.